The van der Waals surface area contributed by atoms with Crippen molar-refractivity contribution in [2.24, 2.45) is 5.41 Å². The molecule has 2 N–H and O–H groups in total. The highest BCUT2D eigenvalue weighted by Gasteiger charge is 2.16. The topological polar surface area (TPSA) is 49.3 Å². The van der Waals surface area contributed by atoms with Gasteiger partial charge in [0.25, 0.3) is 0 Å². The van der Waals surface area contributed by atoms with Crippen molar-refractivity contribution in [3.8, 4) is 0 Å². The third-order valence-corrected chi connectivity index (χ3v) is 4.31. The standard InChI is InChI=1S/C15H25NO2S/c1-4-5-6-9-15(2,3)11-16-10-12-7-8-13(19-12)14(17)18/h7-8,16H,4-6,9-11H2,1-3H3,(H,17,18). The fourth-order valence-electron chi connectivity index (χ4n) is 2.05. The largest absolute Gasteiger partial charge is 0.477 e. The molecule has 0 bridgehead atoms. The maximum Gasteiger partial charge on any atom is 0.345 e. The molecule has 0 atom stereocenters. The van der Waals surface area contributed by atoms with E-state index in [1.807, 2.05) is 6.07 Å². The van der Waals surface area contributed by atoms with Crippen LogP contribution in [0, 0.1) is 5.41 Å². The van der Waals surface area contributed by atoms with E-state index in [2.05, 4.69) is 26.1 Å². The number of hydrogen-bond acceptors (Lipinski definition) is 3. The van der Waals surface area contributed by atoms with Crippen molar-refractivity contribution < 1.29 is 9.90 Å². The minimum absolute atomic E-state index is 0.308. The van der Waals surface area contributed by atoms with Gasteiger partial charge < -0.3 is 10.4 Å². The highest BCUT2D eigenvalue weighted by molar-refractivity contribution is 7.13. The van der Waals surface area contributed by atoms with Crippen LogP contribution in [-0.2, 0) is 6.54 Å². The maximum atomic E-state index is 10.8. The van der Waals surface area contributed by atoms with Gasteiger partial charge in [-0.05, 0) is 24.0 Å². The number of carboxylic acids is 1. The second kappa shape index (κ2) is 7.65. The van der Waals surface area contributed by atoms with E-state index < -0.39 is 5.97 Å². The van der Waals surface area contributed by atoms with Crippen LogP contribution in [0.25, 0.3) is 0 Å². The highest BCUT2D eigenvalue weighted by Crippen LogP contribution is 2.23. The molecule has 4 heteroatoms. The molecule has 0 saturated carbocycles. The van der Waals surface area contributed by atoms with Crippen LogP contribution in [0.5, 0.6) is 0 Å². The third kappa shape index (κ3) is 6.21. The zero-order chi connectivity index (χ0) is 14.3. The van der Waals surface area contributed by atoms with Crippen molar-refractivity contribution in [3.63, 3.8) is 0 Å². The van der Waals surface area contributed by atoms with Crippen LogP contribution in [0.4, 0.5) is 0 Å². The van der Waals surface area contributed by atoms with Crippen LogP contribution in [0.2, 0.25) is 0 Å². The first-order valence-electron chi connectivity index (χ1n) is 6.97. The lowest BCUT2D eigenvalue weighted by Gasteiger charge is -2.25. The lowest BCUT2D eigenvalue weighted by molar-refractivity contribution is 0.0702. The van der Waals surface area contributed by atoms with Gasteiger partial charge >= 0.3 is 5.97 Å². The van der Waals surface area contributed by atoms with Crippen LogP contribution >= 0.6 is 11.3 Å². The first-order chi connectivity index (χ1) is 8.94. The summed E-state index contributed by atoms with van der Waals surface area (Å²) >= 11 is 1.35. The molecule has 1 rings (SSSR count). The van der Waals surface area contributed by atoms with Crippen molar-refractivity contribution in [1.29, 1.82) is 0 Å². The SMILES string of the molecule is CCCCCC(C)(C)CNCc1ccc(C(=O)O)s1. The molecule has 1 aromatic heterocycles. The summed E-state index contributed by atoms with van der Waals surface area (Å²) < 4.78 is 0. The van der Waals surface area contributed by atoms with Gasteiger partial charge in [0.1, 0.15) is 4.88 Å². The van der Waals surface area contributed by atoms with Gasteiger partial charge in [0, 0.05) is 18.0 Å². The number of aromatic carboxylic acids is 1. The molecule has 0 aliphatic rings. The van der Waals surface area contributed by atoms with Crippen LogP contribution in [0.1, 0.15) is 61.0 Å². The quantitative estimate of drug-likeness (QED) is 0.670. The van der Waals surface area contributed by atoms with E-state index in [1.54, 1.807) is 6.07 Å². The molecule has 0 amide bonds. The molecule has 0 fully saturated rings. The molecule has 0 aliphatic heterocycles. The summed E-state index contributed by atoms with van der Waals surface area (Å²) in [6.07, 6.45) is 5.08. The Labute approximate surface area is 120 Å². The molecule has 0 aliphatic carbocycles. The van der Waals surface area contributed by atoms with Crippen LogP contribution < -0.4 is 5.32 Å². The molecule has 19 heavy (non-hydrogen) atoms. The molecule has 1 aromatic rings. The minimum atomic E-state index is -0.837. The van der Waals surface area contributed by atoms with Crippen molar-refractivity contribution in [2.75, 3.05) is 6.54 Å². The zero-order valence-electron chi connectivity index (χ0n) is 12.2. The average molecular weight is 283 g/mol. The van der Waals surface area contributed by atoms with Crippen molar-refractivity contribution in [1.82, 2.24) is 5.32 Å². The number of carbonyl (C=O) groups is 1. The number of hydrogen-bond donors (Lipinski definition) is 2. The summed E-state index contributed by atoms with van der Waals surface area (Å²) in [6.45, 7) is 8.52. The van der Waals surface area contributed by atoms with E-state index in [-0.39, 0.29) is 0 Å². The molecule has 108 valence electrons. The average Bonchev–Trinajstić information content (AvgIpc) is 2.78. The highest BCUT2D eigenvalue weighted by atomic mass is 32.1. The molecular formula is C15H25NO2S. The van der Waals surface area contributed by atoms with Gasteiger partial charge in [-0.3, -0.25) is 0 Å². The van der Waals surface area contributed by atoms with Gasteiger partial charge in [0.15, 0.2) is 0 Å². The summed E-state index contributed by atoms with van der Waals surface area (Å²) in [5.41, 5.74) is 0.308. The van der Waals surface area contributed by atoms with E-state index in [4.69, 9.17) is 5.11 Å². The first-order valence-corrected chi connectivity index (χ1v) is 7.79. The number of thiophene rings is 1. The van der Waals surface area contributed by atoms with E-state index >= 15 is 0 Å². The Hall–Kier alpha value is -0.870. The summed E-state index contributed by atoms with van der Waals surface area (Å²) in [5, 5.41) is 12.3. The molecule has 3 nitrogen and oxygen atoms in total. The van der Waals surface area contributed by atoms with Gasteiger partial charge in [-0.2, -0.15) is 0 Å². The first kappa shape index (κ1) is 16.2. The number of unbranched alkanes of at least 4 members (excludes halogenated alkanes) is 2. The maximum absolute atomic E-state index is 10.8. The molecular weight excluding hydrogens is 258 g/mol. The summed E-state index contributed by atoms with van der Waals surface area (Å²) in [7, 11) is 0. The van der Waals surface area contributed by atoms with Crippen LogP contribution in [0.3, 0.4) is 0 Å². The molecule has 1 heterocycles. The monoisotopic (exact) mass is 283 g/mol. The Balaban J connectivity index is 2.30. The summed E-state index contributed by atoms with van der Waals surface area (Å²) in [6, 6.07) is 3.57. The lowest BCUT2D eigenvalue weighted by atomic mass is 9.87. The van der Waals surface area contributed by atoms with Crippen molar-refractivity contribution >= 4 is 17.3 Å². The van der Waals surface area contributed by atoms with E-state index in [0.29, 0.717) is 10.3 Å². The fourth-order valence-corrected chi connectivity index (χ4v) is 2.87. The van der Waals surface area contributed by atoms with E-state index in [0.717, 1.165) is 18.0 Å². The predicted octanol–water partition coefficient (Wildman–Crippen LogP) is 4.14. The smallest absolute Gasteiger partial charge is 0.345 e. The fraction of sp³-hybridized carbons (Fsp3) is 0.667. The molecule has 0 spiro atoms. The Morgan fingerprint density at radius 3 is 2.68 bits per heavy atom. The van der Waals surface area contributed by atoms with Gasteiger partial charge in [0.2, 0.25) is 0 Å². The zero-order valence-corrected chi connectivity index (χ0v) is 13.0. The number of rotatable bonds is 9. The minimum Gasteiger partial charge on any atom is -0.477 e. The van der Waals surface area contributed by atoms with Crippen molar-refractivity contribution in [2.45, 2.75) is 53.0 Å². The Bertz CT molecular complexity index is 399. The van der Waals surface area contributed by atoms with Gasteiger partial charge in [-0.25, -0.2) is 4.79 Å². The van der Waals surface area contributed by atoms with Gasteiger partial charge in [-0.15, -0.1) is 11.3 Å². The Kier molecular flexibility index (Phi) is 6.52. The van der Waals surface area contributed by atoms with Gasteiger partial charge in [-0.1, -0.05) is 40.0 Å². The lowest BCUT2D eigenvalue weighted by Crippen LogP contribution is -2.28. The summed E-state index contributed by atoms with van der Waals surface area (Å²) in [4.78, 5) is 12.3. The number of carboxylic acid groups (broad SMARTS) is 1. The third-order valence-electron chi connectivity index (χ3n) is 3.23. The van der Waals surface area contributed by atoms with Crippen LogP contribution in [0.15, 0.2) is 12.1 Å². The number of nitrogens with one attached hydrogen (secondary N) is 1. The normalized spacial score (nSPS) is 11.7. The second-order valence-electron chi connectivity index (χ2n) is 5.80. The van der Waals surface area contributed by atoms with E-state index in [1.165, 1.54) is 37.0 Å². The van der Waals surface area contributed by atoms with Crippen LogP contribution in [-0.4, -0.2) is 17.6 Å². The molecule has 0 saturated heterocycles. The summed E-state index contributed by atoms with van der Waals surface area (Å²) in [5.74, 6) is -0.837. The van der Waals surface area contributed by atoms with Gasteiger partial charge in [0.05, 0.1) is 0 Å². The predicted molar refractivity (Wildman–Crippen MR) is 80.9 cm³/mol. The second-order valence-corrected chi connectivity index (χ2v) is 6.96. The Morgan fingerprint density at radius 1 is 1.37 bits per heavy atom. The molecule has 0 unspecified atom stereocenters. The van der Waals surface area contributed by atoms with E-state index in [9.17, 15) is 4.79 Å². The molecule has 0 aromatic carbocycles. The van der Waals surface area contributed by atoms with Crippen molar-refractivity contribution in [3.05, 3.63) is 21.9 Å². The molecule has 0 radical (unpaired) electrons. The Morgan fingerprint density at radius 2 is 2.11 bits per heavy atom.